The number of hydrogen-bond acceptors (Lipinski definition) is 4. The van der Waals surface area contributed by atoms with Crippen molar-refractivity contribution < 1.29 is 4.79 Å². The second-order valence-corrected chi connectivity index (χ2v) is 6.80. The molecule has 1 amide bonds. The maximum absolute atomic E-state index is 12.5. The lowest BCUT2D eigenvalue weighted by molar-refractivity contribution is 0.103. The number of aryl methyl sites for hydroxylation is 1. The third kappa shape index (κ3) is 2.62. The predicted molar refractivity (Wildman–Crippen MR) is 99.1 cm³/mol. The SMILES string of the molecule is Cc1cccc(NC(=O)c2cc3c(Cl)nc4ccccc4c3s2)n1. The summed E-state index contributed by atoms with van der Waals surface area (Å²) in [6.45, 7) is 1.88. The number of anilines is 1. The predicted octanol–water partition coefficient (Wildman–Crippen LogP) is 5.06. The molecule has 6 heteroatoms. The summed E-state index contributed by atoms with van der Waals surface area (Å²) in [6.07, 6.45) is 0. The average Bonchev–Trinajstić information content (AvgIpc) is 3.01. The van der Waals surface area contributed by atoms with Crippen LogP contribution in [0.15, 0.2) is 48.5 Å². The number of nitrogens with one attached hydrogen (secondary N) is 1. The Morgan fingerprint density at radius 3 is 2.75 bits per heavy atom. The minimum absolute atomic E-state index is 0.200. The molecule has 0 atom stereocenters. The zero-order chi connectivity index (χ0) is 16.7. The maximum atomic E-state index is 12.5. The van der Waals surface area contributed by atoms with Crippen molar-refractivity contribution in [3.8, 4) is 0 Å². The first kappa shape index (κ1) is 15.1. The number of halogens is 1. The van der Waals surface area contributed by atoms with Crippen LogP contribution in [0.5, 0.6) is 0 Å². The minimum atomic E-state index is -0.200. The molecule has 4 aromatic rings. The van der Waals surface area contributed by atoms with Gasteiger partial charge in [-0.2, -0.15) is 0 Å². The Bertz CT molecular complexity index is 1090. The summed E-state index contributed by atoms with van der Waals surface area (Å²) >= 11 is 7.69. The van der Waals surface area contributed by atoms with Gasteiger partial charge in [-0.15, -0.1) is 11.3 Å². The van der Waals surface area contributed by atoms with Crippen LogP contribution in [-0.4, -0.2) is 15.9 Å². The molecular weight excluding hydrogens is 342 g/mol. The fraction of sp³-hybridized carbons (Fsp3) is 0.0556. The van der Waals surface area contributed by atoms with Gasteiger partial charge >= 0.3 is 0 Å². The number of hydrogen-bond donors (Lipinski definition) is 1. The van der Waals surface area contributed by atoms with E-state index in [2.05, 4.69) is 15.3 Å². The van der Waals surface area contributed by atoms with Crippen molar-refractivity contribution in [2.45, 2.75) is 6.92 Å². The van der Waals surface area contributed by atoms with Gasteiger partial charge in [0, 0.05) is 21.2 Å². The second kappa shape index (κ2) is 5.85. The third-order valence-electron chi connectivity index (χ3n) is 3.68. The fourth-order valence-corrected chi connectivity index (χ4v) is 3.96. The summed E-state index contributed by atoms with van der Waals surface area (Å²) in [4.78, 5) is 21.8. The smallest absolute Gasteiger partial charge is 0.266 e. The van der Waals surface area contributed by atoms with Crippen molar-refractivity contribution in [1.82, 2.24) is 9.97 Å². The molecule has 0 saturated heterocycles. The topological polar surface area (TPSA) is 54.9 Å². The van der Waals surface area contributed by atoms with Gasteiger partial charge in [0.15, 0.2) is 0 Å². The largest absolute Gasteiger partial charge is 0.306 e. The number of benzene rings is 1. The number of rotatable bonds is 2. The molecule has 0 radical (unpaired) electrons. The number of carbonyl (C=O) groups is 1. The molecule has 24 heavy (non-hydrogen) atoms. The van der Waals surface area contributed by atoms with E-state index < -0.39 is 0 Å². The summed E-state index contributed by atoms with van der Waals surface area (Å²) < 4.78 is 0.966. The van der Waals surface area contributed by atoms with Gasteiger partial charge in [-0.1, -0.05) is 35.9 Å². The maximum Gasteiger partial charge on any atom is 0.266 e. The first-order valence-corrected chi connectivity index (χ1v) is 8.54. The van der Waals surface area contributed by atoms with Crippen molar-refractivity contribution in [2.24, 2.45) is 0 Å². The van der Waals surface area contributed by atoms with Crippen molar-refractivity contribution in [1.29, 1.82) is 0 Å². The molecule has 3 heterocycles. The molecular formula is C18H12ClN3OS. The van der Waals surface area contributed by atoms with Gasteiger partial charge in [0.05, 0.1) is 10.4 Å². The molecule has 0 unspecified atom stereocenters. The minimum Gasteiger partial charge on any atom is -0.306 e. The molecule has 0 spiro atoms. The highest BCUT2D eigenvalue weighted by molar-refractivity contribution is 7.22. The van der Waals surface area contributed by atoms with E-state index in [4.69, 9.17) is 11.6 Å². The highest BCUT2D eigenvalue weighted by Gasteiger charge is 2.15. The Morgan fingerprint density at radius 2 is 1.92 bits per heavy atom. The van der Waals surface area contributed by atoms with Gasteiger partial charge in [0.2, 0.25) is 0 Å². The molecule has 0 saturated carbocycles. The number of amides is 1. The molecule has 0 aliphatic carbocycles. The lowest BCUT2D eigenvalue weighted by Gasteiger charge is -2.02. The zero-order valence-electron chi connectivity index (χ0n) is 12.7. The molecule has 3 aromatic heterocycles. The molecule has 4 nitrogen and oxygen atoms in total. The number of thiophene rings is 1. The number of para-hydroxylation sites is 1. The van der Waals surface area contributed by atoms with Gasteiger partial charge in [-0.3, -0.25) is 4.79 Å². The molecule has 1 N–H and O–H groups in total. The average molecular weight is 354 g/mol. The summed E-state index contributed by atoms with van der Waals surface area (Å²) in [5, 5.41) is 5.02. The molecule has 4 rings (SSSR count). The van der Waals surface area contributed by atoms with Crippen LogP contribution in [0.3, 0.4) is 0 Å². The monoisotopic (exact) mass is 353 g/mol. The van der Waals surface area contributed by atoms with Gasteiger partial charge in [-0.05, 0) is 31.2 Å². The van der Waals surface area contributed by atoms with Crippen LogP contribution in [0, 0.1) is 6.92 Å². The van der Waals surface area contributed by atoms with Crippen LogP contribution in [0.2, 0.25) is 5.15 Å². The molecule has 0 aliphatic rings. The van der Waals surface area contributed by atoms with E-state index in [0.29, 0.717) is 15.8 Å². The molecule has 0 aliphatic heterocycles. The van der Waals surface area contributed by atoms with Gasteiger partial charge < -0.3 is 5.32 Å². The van der Waals surface area contributed by atoms with Crippen LogP contribution < -0.4 is 5.32 Å². The first-order valence-electron chi connectivity index (χ1n) is 7.34. The zero-order valence-corrected chi connectivity index (χ0v) is 14.3. The van der Waals surface area contributed by atoms with Crippen LogP contribution in [0.25, 0.3) is 21.0 Å². The number of aromatic nitrogens is 2. The van der Waals surface area contributed by atoms with Crippen molar-refractivity contribution in [3.63, 3.8) is 0 Å². The quantitative estimate of drug-likeness (QED) is 0.512. The van der Waals surface area contributed by atoms with Crippen molar-refractivity contribution in [2.75, 3.05) is 5.32 Å². The number of nitrogens with zero attached hydrogens (tertiary/aromatic N) is 2. The highest BCUT2D eigenvalue weighted by Crippen LogP contribution is 2.35. The van der Waals surface area contributed by atoms with Crippen LogP contribution in [0.4, 0.5) is 5.82 Å². The summed E-state index contributed by atoms with van der Waals surface area (Å²) in [6, 6.07) is 15.1. The Kier molecular flexibility index (Phi) is 3.67. The lowest BCUT2D eigenvalue weighted by atomic mass is 10.2. The number of pyridine rings is 2. The highest BCUT2D eigenvalue weighted by atomic mass is 35.5. The van der Waals surface area contributed by atoms with Crippen LogP contribution >= 0.6 is 22.9 Å². The molecule has 0 fully saturated rings. The first-order chi connectivity index (χ1) is 11.6. The van der Waals surface area contributed by atoms with E-state index in [0.717, 1.165) is 26.7 Å². The standard InChI is InChI=1S/C18H12ClN3OS/c1-10-5-4-8-15(20-10)22-18(23)14-9-12-16(24-14)11-6-2-3-7-13(11)21-17(12)19/h2-9H,1H3,(H,20,22,23). The van der Waals surface area contributed by atoms with Gasteiger partial charge in [0.25, 0.3) is 5.91 Å². The molecule has 1 aromatic carbocycles. The Labute approximate surface area is 147 Å². The van der Waals surface area contributed by atoms with Crippen LogP contribution in [0.1, 0.15) is 15.4 Å². The second-order valence-electron chi connectivity index (χ2n) is 5.39. The molecule has 0 bridgehead atoms. The van der Waals surface area contributed by atoms with E-state index >= 15 is 0 Å². The van der Waals surface area contributed by atoms with E-state index in [-0.39, 0.29) is 5.91 Å². The van der Waals surface area contributed by atoms with Crippen molar-refractivity contribution in [3.05, 3.63) is 64.3 Å². The van der Waals surface area contributed by atoms with E-state index in [1.165, 1.54) is 11.3 Å². The van der Waals surface area contributed by atoms with Crippen molar-refractivity contribution >= 4 is 55.7 Å². The number of carbonyl (C=O) groups excluding carboxylic acids is 1. The number of fused-ring (bicyclic) bond motifs is 3. The summed E-state index contributed by atoms with van der Waals surface area (Å²) in [5.41, 5.74) is 1.67. The third-order valence-corrected chi connectivity index (χ3v) is 5.13. The van der Waals surface area contributed by atoms with Gasteiger partial charge in [0.1, 0.15) is 11.0 Å². The molecule has 118 valence electrons. The fourth-order valence-electron chi connectivity index (χ4n) is 2.58. The Morgan fingerprint density at radius 1 is 1.08 bits per heavy atom. The normalized spacial score (nSPS) is 11.1. The Hall–Kier alpha value is -2.50. The van der Waals surface area contributed by atoms with E-state index in [1.807, 2.05) is 43.3 Å². The van der Waals surface area contributed by atoms with Gasteiger partial charge in [-0.25, -0.2) is 9.97 Å². The van der Waals surface area contributed by atoms with E-state index in [1.54, 1.807) is 12.1 Å². The lowest BCUT2D eigenvalue weighted by Crippen LogP contribution is -2.11. The summed E-state index contributed by atoms with van der Waals surface area (Å²) in [7, 11) is 0. The Balaban J connectivity index is 1.78. The van der Waals surface area contributed by atoms with E-state index in [9.17, 15) is 4.79 Å². The van der Waals surface area contributed by atoms with Crippen LogP contribution in [-0.2, 0) is 0 Å². The summed E-state index contributed by atoms with van der Waals surface area (Å²) in [5.74, 6) is 0.334.